The monoisotopic (exact) mass is 363 g/mol. The highest BCUT2D eigenvalue weighted by Gasteiger charge is 2.17. The summed E-state index contributed by atoms with van der Waals surface area (Å²) >= 11 is 0. The van der Waals surface area contributed by atoms with Crippen LogP contribution in [0.1, 0.15) is 28.9 Å². The van der Waals surface area contributed by atoms with E-state index in [9.17, 15) is 5.11 Å². The smallest absolute Gasteiger partial charge is 0.222 e. The molecule has 2 atom stereocenters. The van der Waals surface area contributed by atoms with E-state index in [1.807, 2.05) is 48.7 Å². The van der Waals surface area contributed by atoms with Gasteiger partial charge in [0.05, 0.1) is 24.1 Å². The van der Waals surface area contributed by atoms with Crippen LogP contribution in [0.5, 0.6) is 11.6 Å². The number of ether oxygens (including phenoxy) is 1. The summed E-state index contributed by atoms with van der Waals surface area (Å²) in [5.41, 5.74) is 12.0. The predicted octanol–water partition coefficient (Wildman–Crippen LogP) is 2.26. The molecule has 1 aliphatic rings. The number of methoxy groups -OCH3 is 1. The van der Waals surface area contributed by atoms with Gasteiger partial charge in [0.2, 0.25) is 5.88 Å². The predicted molar refractivity (Wildman–Crippen MR) is 104 cm³/mol. The first kappa shape index (κ1) is 17.2. The maximum absolute atomic E-state index is 10.4. The molecule has 2 aromatic carbocycles. The van der Waals surface area contributed by atoms with Gasteiger partial charge in [-0.1, -0.05) is 18.2 Å². The van der Waals surface area contributed by atoms with E-state index < -0.39 is 6.04 Å². The van der Waals surface area contributed by atoms with Crippen LogP contribution in [0.25, 0.3) is 10.9 Å². The molecule has 0 radical (unpaired) electrons. The van der Waals surface area contributed by atoms with Gasteiger partial charge in [0, 0.05) is 18.7 Å². The molecular weight excluding hydrogens is 342 g/mol. The molecule has 0 aliphatic carbocycles. The van der Waals surface area contributed by atoms with Gasteiger partial charge in [-0.05, 0) is 41.8 Å². The van der Waals surface area contributed by atoms with Gasteiger partial charge in [0.15, 0.2) is 0 Å². The molecule has 0 spiro atoms. The van der Waals surface area contributed by atoms with Crippen molar-refractivity contribution in [3.63, 3.8) is 0 Å². The SMILES string of the molecule is COc1ccc(C[C@@H](N)c2nc(O)c3cc(C4C=NNC4)ccc3n2)cc1. The van der Waals surface area contributed by atoms with Crippen molar-refractivity contribution in [3.8, 4) is 11.6 Å². The molecular formula is C20H21N5O2. The highest BCUT2D eigenvalue weighted by Crippen LogP contribution is 2.28. The summed E-state index contributed by atoms with van der Waals surface area (Å²) in [7, 11) is 1.63. The van der Waals surface area contributed by atoms with Crippen molar-refractivity contribution in [2.24, 2.45) is 10.8 Å². The molecule has 2 heterocycles. The van der Waals surface area contributed by atoms with E-state index in [-0.39, 0.29) is 11.8 Å². The van der Waals surface area contributed by atoms with Crippen molar-refractivity contribution in [2.45, 2.75) is 18.4 Å². The summed E-state index contributed by atoms with van der Waals surface area (Å²) < 4.78 is 5.17. The van der Waals surface area contributed by atoms with Crippen LogP contribution in [0.2, 0.25) is 0 Å². The Kier molecular flexibility index (Phi) is 4.60. The number of benzene rings is 2. The topological polar surface area (TPSA) is 106 Å². The fraction of sp³-hybridized carbons (Fsp3) is 0.250. The summed E-state index contributed by atoms with van der Waals surface area (Å²) in [5.74, 6) is 1.36. The molecule has 0 saturated carbocycles. The zero-order chi connectivity index (χ0) is 18.8. The lowest BCUT2D eigenvalue weighted by atomic mass is 9.99. The molecule has 0 bridgehead atoms. The minimum atomic E-state index is -0.417. The summed E-state index contributed by atoms with van der Waals surface area (Å²) in [6, 6.07) is 13.1. The summed E-state index contributed by atoms with van der Waals surface area (Å²) in [6.45, 7) is 0.748. The van der Waals surface area contributed by atoms with E-state index in [0.717, 1.165) is 23.4 Å². The summed E-state index contributed by atoms with van der Waals surface area (Å²) in [5, 5.41) is 15.1. The van der Waals surface area contributed by atoms with Crippen molar-refractivity contribution < 1.29 is 9.84 Å². The maximum atomic E-state index is 10.4. The molecule has 1 unspecified atom stereocenters. The van der Waals surface area contributed by atoms with E-state index in [0.29, 0.717) is 23.1 Å². The number of nitrogens with two attached hydrogens (primary N) is 1. The molecule has 0 amide bonds. The highest BCUT2D eigenvalue weighted by molar-refractivity contribution is 5.85. The van der Waals surface area contributed by atoms with Crippen molar-refractivity contribution >= 4 is 17.1 Å². The number of hydrogen-bond donors (Lipinski definition) is 3. The normalized spacial score (nSPS) is 17.0. The number of fused-ring (bicyclic) bond motifs is 1. The summed E-state index contributed by atoms with van der Waals surface area (Å²) in [4.78, 5) is 8.81. The Morgan fingerprint density at radius 1 is 1.22 bits per heavy atom. The van der Waals surface area contributed by atoms with E-state index in [1.165, 1.54) is 0 Å². The van der Waals surface area contributed by atoms with Gasteiger partial charge < -0.3 is 21.0 Å². The number of aromatic nitrogens is 2. The fourth-order valence-electron chi connectivity index (χ4n) is 3.20. The Hall–Kier alpha value is -3.19. The molecule has 7 heteroatoms. The first-order valence-corrected chi connectivity index (χ1v) is 8.79. The van der Waals surface area contributed by atoms with Gasteiger partial charge in [0.25, 0.3) is 0 Å². The molecule has 1 aliphatic heterocycles. The first-order chi connectivity index (χ1) is 13.1. The zero-order valence-corrected chi connectivity index (χ0v) is 15.0. The van der Waals surface area contributed by atoms with Crippen LogP contribution in [-0.4, -0.2) is 34.9 Å². The lowest BCUT2D eigenvalue weighted by molar-refractivity contribution is 0.414. The van der Waals surface area contributed by atoms with E-state index in [2.05, 4.69) is 20.5 Å². The molecule has 4 N–H and O–H groups in total. The Balaban J connectivity index is 1.59. The fourth-order valence-corrected chi connectivity index (χ4v) is 3.20. The van der Waals surface area contributed by atoms with Gasteiger partial charge in [-0.25, -0.2) is 4.98 Å². The van der Waals surface area contributed by atoms with Gasteiger partial charge >= 0.3 is 0 Å². The number of aromatic hydroxyl groups is 1. The van der Waals surface area contributed by atoms with Gasteiger partial charge in [-0.3, -0.25) is 0 Å². The third-order valence-electron chi connectivity index (χ3n) is 4.75. The minimum absolute atomic E-state index is 0.0510. The standard InChI is InChI=1S/C20H21N5O2/c1-27-15-5-2-12(3-6-15)8-17(21)19-24-18-7-4-13(14-10-22-23-11-14)9-16(18)20(26)25-19/h2-7,9-10,14,17,23H,8,11,21H2,1H3,(H,24,25,26)/t14?,17-/m1/s1. The van der Waals surface area contributed by atoms with E-state index >= 15 is 0 Å². The molecule has 27 heavy (non-hydrogen) atoms. The van der Waals surface area contributed by atoms with Crippen LogP contribution < -0.4 is 15.9 Å². The van der Waals surface area contributed by atoms with Crippen molar-refractivity contribution in [1.29, 1.82) is 0 Å². The quantitative estimate of drug-likeness (QED) is 0.642. The van der Waals surface area contributed by atoms with E-state index in [1.54, 1.807) is 7.11 Å². The molecule has 0 fully saturated rings. The average Bonchev–Trinajstić information content (AvgIpc) is 3.23. The summed E-state index contributed by atoms with van der Waals surface area (Å²) in [6.07, 6.45) is 2.43. The second-order valence-corrected chi connectivity index (χ2v) is 6.59. The lowest BCUT2D eigenvalue weighted by Gasteiger charge is -2.13. The van der Waals surface area contributed by atoms with Crippen LogP contribution in [-0.2, 0) is 6.42 Å². The number of hydrogen-bond acceptors (Lipinski definition) is 7. The second-order valence-electron chi connectivity index (χ2n) is 6.59. The Bertz CT molecular complexity index is 988. The molecule has 0 saturated heterocycles. The van der Waals surface area contributed by atoms with Crippen LogP contribution in [0.3, 0.4) is 0 Å². The molecule has 7 nitrogen and oxygen atoms in total. The Morgan fingerprint density at radius 2 is 2.04 bits per heavy atom. The van der Waals surface area contributed by atoms with Crippen LogP contribution >= 0.6 is 0 Å². The van der Waals surface area contributed by atoms with Gasteiger partial charge in [-0.15, -0.1) is 0 Å². The van der Waals surface area contributed by atoms with Crippen LogP contribution in [0.4, 0.5) is 0 Å². The van der Waals surface area contributed by atoms with E-state index in [4.69, 9.17) is 10.5 Å². The number of hydrazone groups is 1. The molecule has 3 aromatic rings. The second kappa shape index (κ2) is 7.20. The van der Waals surface area contributed by atoms with Crippen molar-refractivity contribution in [2.75, 3.05) is 13.7 Å². The molecule has 138 valence electrons. The largest absolute Gasteiger partial charge is 0.497 e. The minimum Gasteiger partial charge on any atom is -0.497 e. The first-order valence-electron chi connectivity index (χ1n) is 8.79. The third-order valence-corrected chi connectivity index (χ3v) is 4.75. The molecule has 1 aromatic heterocycles. The lowest BCUT2D eigenvalue weighted by Crippen LogP contribution is -2.17. The van der Waals surface area contributed by atoms with Gasteiger partial charge in [-0.2, -0.15) is 10.1 Å². The maximum Gasteiger partial charge on any atom is 0.222 e. The number of nitrogens with zero attached hydrogens (tertiary/aromatic N) is 3. The molecule has 4 rings (SSSR count). The zero-order valence-electron chi connectivity index (χ0n) is 15.0. The van der Waals surface area contributed by atoms with Crippen molar-refractivity contribution in [1.82, 2.24) is 15.4 Å². The van der Waals surface area contributed by atoms with Crippen LogP contribution in [0, 0.1) is 0 Å². The number of rotatable bonds is 5. The average molecular weight is 363 g/mol. The highest BCUT2D eigenvalue weighted by atomic mass is 16.5. The van der Waals surface area contributed by atoms with Crippen molar-refractivity contribution in [3.05, 3.63) is 59.4 Å². The number of nitrogens with one attached hydrogen (secondary N) is 1. The van der Waals surface area contributed by atoms with Crippen LogP contribution in [0.15, 0.2) is 47.6 Å². The Labute approximate surface area is 156 Å². The Morgan fingerprint density at radius 3 is 2.74 bits per heavy atom. The van der Waals surface area contributed by atoms with Gasteiger partial charge in [0.1, 0.15) is 11.6 Å². The third kappa shape index (κ3) is 3.54.